The molecule has 0 saturated carbocycles. The molecule has 3 rings (SSSR count). The summed E-state index contributed by atoms with van der Waals surface area (Å²) in [5.74, 6) is 1.34. The standard InChI is InChI=1S/C20H26N6O2/c1-13(2)12-26-15(9-10-22-26)11-21-19-18(14(3)24-25-19)20(27)23-16-7-5-6-8-17(16)28-4/h5-10,13H,11-12H2,1-4H3,(H,23,27)(H2,21,24,25). The summed E-state index contributed by atoms with van der Waals surface area (Å²) in [6.45, 7) is 7.47. The molecule has 0 saturated heterocycles. The Hall–Kier alpha value is -3.29. The number of benzene rings is 1. The van der Waals surface area contributed by atoms with E-state index >= 15 is 0 Å². The Kier molecular flexibility index (Phi) is 5.98. The van der Waals surface area contributed by atoms with Crippen molar-refractivity contribution in [1.82, 2.24) is 20.0 Å². The predicted octanol–water partition coefficient (Wildman–Crippen LogP) is 3.44. The molecule has 3 aromatic rings. The number of aromatic amines is 1. The minimum absolute atomic E-state index is 0.256. The van der Waals surface area contributed by atoms with Crippen LogP contribution in [0.3, 0.4) is 0 Å². The predicted molar refractivity (Wildman–Crippen MR) is 109 cm³/mol. The van der Waals surface area contributed by atoms with Gasteiger partial charge in [-0.25, -0.2) is 0 Å². The number of rotatable bonds is 8. The second-order valence-corrected chi connectivity index (χ2v) is 6.98. The summed E-state index contributed by atoms with van der Waals surface area (Å²) < 4.78 is 7.27. The molecule has 0 radical (unpaired) electrons. The summed E-state index contributed by atoms with van der Waals surface area (Å²) in [5, 5.41) is 17.6. The molecule has 1 amide bonds. The third-order valence-corrected chi connectivity index (χ3v) is 4.31. The van der Waals surface area contributed by atoms with Gasteiger partial charge in [-0.05, 0) is 31.0 Å². The molecule has 0 bridgehead atoms. The van der Waals surface area contributed by atoms with Crippen molar-refractivity contribution >= 4 is 17.4 Å². The lowest BCUT2D eigenvalue weighted by Crippen LogP contribution is -2.17. The highest BCUT2D eigenvalue weighted by Crippen LogP contribution is 2.25. The SMILES string of the molecule is COc1ccccc1NC(=O)c1c(NCc2ccnn2CC(C)C)n[nH]c1C. The second-order valence-electron chi connectivity index (χ2n) is 6.98. The number of ether oxygens (including phenoxy) is 1. The fourth-order valence-corrected chi connectivity index (χ4v) is 2.96. The van der Waals surface area contributed by atoms with Crippen LogP contribution in [0.25, 0.3) is 0 Å². The normalized spacial score (nSPS) is 10.9. The number of hydrogen-bond acceptors (Lipinski definition) is 5. The van der Waals surface area contributed by atoms with Crippen LogP contribution < -0.4 is 15.4 Å². The first kappa shape index (κ1) is 19.5. The lowest BCUT2D eigenvalue weighted by molar-refractivity contribution is 0.102. The number of anilines is 2. The van der Waals surface area contributed by atoms with Crippen molar-refractivity contribution in [2.45, 2.75) is 33.9 Å². The Bertz CT molecular complexity index is 944. The van der Waals surface area contributed by atoms with Gasteiger partial charge in [0.05, 0.1) is 25.0 Å². The minimum atomic E-state index is -0.256. The number of aromatic nitrogens is 4. The highest BCUT2D eigenvalue weighted by Gasteiger charge is 2.19. The van der Waals surface area contributed by atoms with Gasteiger partial charge in [-0.3, -0.25) is 14.6 Å². The highest BCUT2D eigenvalue weighted by atomic mass is 16.5. The number of hydrogen-bond donors (Lipinski definition) is 3. The van der Waals surface area contributed by atoms with Gasteiger partial charge in [0.2, 0.25) is 0 Å². The number of nitrogens with one attached hydrogen (secondary N) is 3. The summed E-state index contributed by atoms with van der Waals surface area (Å²) >= 11 is 0. The molecule has 2 aromatic heterocycles. The van der Waals surface area contributed by atoms with E-state index in [4.69, 9.17) is 4.74 Å². The van der Waals surface area contributed by atoms with Crippen molar-refractivity contribution in [2.75, 3.05) is 17.7 Å². The Morgan fingerprint density at radius 3 is 2.82 bits per heavy atom. The average molecular weight is 382 g/mol. The number of carbonyl (C=O) groups is 1. The molecule has 0 spiro atoms. The molecule has 2 heterocycles. The van der Waals surface area contributed by atoms with Crippen LogP contribution in [0.1, 0.15) is 35.6 Å². The maximum Gasteiger partial charge on any atom is 0.261 e. The molecule has 0 aliphatic heterocycles. The molecule has 8 heteroatoms. The first-order valence-electron chi connectivity index (χ1n) is 9.23. The first-order chi connectivity index (χ1) is 13.5. The fourth-order valence-electron chi connectivity index (χ4n) is 2.96. The largest absolute Gasteiger partial charge is 0.495 e. The van der Waals surface area contributed by atoms with Crippen molar-refractivity contribution in [3.05, 3.63) is 53.5 Å². The third kappa shape index (κ3) is 4.33. The monoisotopic (exact) mass is 382 g/mol. The van der Waals surface area contributed by atoms with E-state index < -0.39 is 0 Å². The van der Waals surface area contributed by atoms with Crippen LogP contribution in [0, 0.1) is 12.8 Å². The van der Waals surface area contributed by atoms with Gasteiger partial charge in [0.15, 0.2) is 5.82 Å². The Morgan fingerprint density at radius 1 is 1.29 bits per heavy atom. The van der Waals surface area contributed by atoms with E-state index in [-0.39, 0.29) is 5.91 Å². The van der Waals surface area contributed by atoms with E-state index in [1.807, 2.05) is 29.8 Å². The van der Waals surface area contributed by atoms with Crippen molar-refractivity contribution in [1.29, 1.82) is 0 Å². The molecular formula is C20H26N6O2. The number of para-hydroxylation sites is 2. The van der Waals surface area contributed by atoms with E-state index in [0.717, 1.165) is 12.2 Å². The number of nitrogens with zero attached hydrogens (tertiary/aromatic N) is 3. The molecule has 1 aromatic carbocycles. The maximum atomic E-state index is 12.9. The van der Waals surface area contributed by atoms with Gasteiger partial charge >= 0.3 is 0 Å². The summed E-state index contributed by atoms with van der Waals surface area (Å²) in [7, 11) is 1.57. The number of amides is 1. The molecular weight excluding hydrogens is 356 g/mol. The summed E-state index contributed by atoms with van der Waals surface area (Å²) in [5.41, 5.74) is 2.80. The van der Waals surface area contributed by atoms with Crippen LogP contribution in [0.5, 0.6) is 5.75 Å². The van der Waals surface area contributed by atoms with Gasteiger partial charge in [0.1, 0.15) is 11.3 Å². The van der Waals surface area contributed by atoms with Gasteiger partial charge in [0.25, 0.3) is 5.91 Å². The topological polar surface area (TPSA) is 96.9 Å². The van der Waals surface area contributed by atoms with Crippen LogP contribution in [0.15, 0.2) is 36.5 Å². The van der Waals surface area contributed by atoms with Crippen molar-refractivity contribution in [2.24, 2.45) is 5.92 Å². The zero-order valence-corrected chi connectivity index (χ0v) is 16.6. The zero-order chi connectivity index (χ0) is 20.1. The van der Waals surface area contributed by atoms with E-state index in [9.17, 15) is 4.79 Å². The smallest absolute Gasteiger partial charge is 0.261 e. The highest BCUT2D eigenvalue weighted by molar-refractivity contribution is 6.08. The third-order valence-electron chi connectivity index (χ3n) is 4.31. The number of H-pyrrole nitrogens is 1. The van der Waals surface area contributed by atoms with E-state index in [0.29, 0.717) is 41.0 Å². The number of methoxy groups -OCH3 is 1. The van der Waals surface area contributed by atoms with Gasteiger partial charge in [-0.1, -0.05) is 26.0 Å². The van der Waals surface area contributed by atoms with E-state index in [2.05, 4.69) is 39.8 Å². The van der Waals surface area contributed by atoms with Crippen LogP contribution in [-0.4, -0.2) is 33.0 Å². The fraction of sp³-hybridized carbons (Fsp3) is 0.350. The zero-order valence-electron chi connectivity index (χ0n) is 16.6. The number of carbonyl (C=O) groups excluding carboxylic acids is 1. The van der Waals surface area contributed by atoms with Gasteiger partial charge in [-0.15, -0.1) is 0 Å². The maximum absolute atomic E-state index is 12.9. The van der Waals surface area contributed by atoms with Crippen LogP contribution >= 0.6 is 0 Å². The van der Waals surface area contributed by atoms with Crippen LogP contribution in [-0.2, 0) is 13.1 Å². The lowest BCUT2D eigenvalue weighted by atomic mass is 10.2. The van der Waals surface area contributed by atoms with Crippen molar-refractivity contribution < 1.29 is 9.53 Å². The minimum Gasteiger partial charge on any atom is -0.495 e. The second kappa shape index (κ2) is 8.60. The lowest BCUT2D eigenvalue weighted by Gasteiger charge is -2.12. The molecule has 148 valence electrons. The van der Waals surface area contributed by atoms with Gasteiger partial charge in [0, 0.05) is 18.4 Å². The van der Waals surface area contributed by atoms with Crippen molar-refractivity contribution in [3.8, 4) is 5.75 Å². The molecule has 8 nitrogen and oxygen atoms in total. The molecule has 0 unspecified atom stereocenters. The Balaban J connectivity index is 1.75. The first-order valence-corrected chi connectivity index (χ1v) is 9.23. The van der Waals surface area contributed by atoms with Crippen molar-refractivity contribution in [3.63, 3.8) is 0 Å². The number of aryl methyl sites for hydroxylation is 1. The summed E-state index contributed by atoms with van der Waals surface area (Å²) in [4.78, 5) is 12.9. The van der Waals surface area contributed by atoms with Crippen LogP contribution in [0.4, 0.5) is 11.5 Å². The molecule has 0 aliphatic rings. The summed E-state index contributed by atoms with van der Waals surface area (Å²) in [6.07, 6.45) is 1.78. The quantitative estimate of drug-likeness (QED) is 0.554. The molecule has 0 fully saturated rings. The summed E-state index contributed by atoms with van der Waals surface area (Å²) in [6, 6.07) is 9.25. The average Bonchev–Trinajstić information content (AvgIpc) is 3.25. The Morgan fingerprint density at radius 2 is 2.07 bits per heavy atom. The Labute approximate surface area is 164 Å². The molecule has 0 aliphatic carbocycles. The molecule has 3 N–H and O–H groups in total. The van der Waals surface area contributed by atoms with E-state index in [1.54, 1.807) is 25.4 Å². The van der Waals surface area contributed by atoms with E-state index in [1.165, 1.54) is 0 Å². The molecule has 0 atom stereocenters. The molecule has 28 heavy (non-hydrogen) atoms. The van der Waals surface area contributed by atoms with Gasteiger partial charge < -0.3 is 15.4 Å². The van der Waals surface area contributed by atoms with Crippen LogP contribution in [0.2, 0.25) is 0 Å². The van der Waals surface area contributed by atoms with Gasteiger partial charge in [-0.2, -0.15) is 10.2 Å².